The first kappa shape index (κ1) is 23.9. The van der Waals surface area contributed by atoms with Crippen LogP contribution in [0.3, 0.4) is 0 Å². The number of carbonyl (C=O) groups is 1. The van der Waals surface area contributed by atoms with Crippen LogP contribution in [0.4, 0.5) is 30.2 Å². The first-order valence-corrected chi connectivity index (χ1v) is 10.2. The second-order valence-electron chi connectivity index (χ2n) is 7.28. The summed E-state index contributed by atoms with van der Waals surface area (Å²) in [6.07, 6.45) is -0.845. The Labute approximate surface area is 201 Å². The fraction of sp³-hybridized carbons (Fsp3) is 0.0435. The maximum atomic E-state index is 14.0. The molecule has 10 nitrogen and oxygen atoms in total. The number of nitrogens with two attached hydrogens (primary N) is 1. The number of alkyl halides is 3. The number of allylic oxidation sites excluding steroid dienone is 1. The third kappa shape index (κ3) is 4.68. The number of pyridine rings is 1. The molecule has 2 aromatic carbocycles. The minimum absolute atomic E-state index is 0.0353. The molecule has 0 radical (unpaired) electrons. The molecule has 13 heteroatoms. The lowest BCUT2D eigenvalue weighted by Crippen LogP contribution is -2.27. The van der Waals surface area contributed by atoms with Gasteiger partial charge >= 0.3 is 6.18 Å². The summed E-state index contributed by atoms with van der Waals surface area (Å²) >= 11 is 0. The zero-order valence-corrected chi connectivity index (χ0v) is 18.2. The highest BCUT2D eigenvalue weighted by molar-refractivity contribution is 6.18. The number of carbonyl (C=O) groups excluding carboxylic acids is 1. The minimum Gasteiger partial charge on any atom is -0.398 e. The molecule has 0 aliphatic carbocycles. The van der Waals surface area contributed by atoms with Gasteiger partial charge in [-0.25, -0.2) is 4.98 Å². The number of hydrogen-bond acceptors (Lipinski definition) is 8. The largest absolute Gasteiger partial charge is 0.432 e. The SMILES string of the molecule is N#Cc1cc(NC(=O)/C(C=N)=C(/Nc2ccc(N)c3ccccc23)C(F)(F)F)cnc1-n1nccn1. The molecule has 36 heavy (non-hydrogen) atoms. The lowest BCUT2D eigenvalue weighted by Gasteiger charge is -2.19. The van der Waals surface area contributed by atoms with Crippen molar-refractivity contribution in [2.45, 2.75) is 6.18 Å². The Balaban J connectivity index is 1.71. The summed E-state index contributed by atoms with van der Waals surface area (Å²) < 4.78 is 42.1. The van der Waals surface area contributed by atoms with Crippen molar-refractivity contribution in [1.29, 1.82) is 10.7 Å². The van der Waals surface area contributed by atoms with Crippen LogP contribution in [0.15, 0.2) is 72.3 Å². The van der Waals surface area contributed by atoms with Crippen LogP contribution >= 0.6 is 0 Å². The van der Waals surface area contributed by atoms with Gasteiger partial charge in [-0.15, -0.1) is 4.80 Å². The molecule has 2 heterocycles. The lowest BCUT2D eigenvalue weighted by atomic mass is 10.1. The Bertz CT molecular complexity index is 1540. The molecule has 5 N–H and O–H groups in total. The molecule has 0 spiro atoms. The van der Waals surface area contributed by atoms with Gasteiger partial charge in [0.15, 0.2) is 5.82 Å². The number of benzene rings is 2. The Kier molecular flexibility index (Phi) is 6.34. The van der Waals surface area contributed by atoms with Gasteiger partial charge in [-0.1, -0.05) is 24.3 Å². The Morgan fingerprint density at radius 1 is 1.11 bits per heavy atom. The van der Waals surface area contributed by atoms with Crippen LogP contribution in [0.25, 0.3) is 16.6 Å². The van der Waals surface area contributed by atoms with Crippen molar-refractivity contribution in [3.63, 3.8) is 0 Å². The molecule has 2 aromatic heterocycles. The molecular weight excluding hydrogens is 475 g/mol. The van der Waals surface area contributed by atoms with Gasteiger partial charge in [0.25, 0.3) is 5.91 Å². The van der Waals surface area contributed by atoms with E-state index in [4.69, 9.17) is 11.1 Å². The molecule has 0 fully saturated rings. The van der Waals surface area contributed by atoms with E-state index in [1.54, 1.807) is 24.3 Å². The van der Waals surface area contributed by atoms with Gasteiger partial charge in [0.2, 0.25) is 0 Å². The highest BCUT2D eigenvalue weighted by atomic mass is 19.4. The molecule has 1 amide bonds. The van der Waals surface area contributed by atoms with Crippen molar-refractivity contribution in [1.82, 2.24) is 20.0 Å². The van der Waals surface area contributed by atoms with Crippen LogP contribution in [0.5, 0.6) is 0 Å². The monoisotopic (exact) mass is 491 g/mol. The van der Waals surface area contributed by atoms with Gasteiger partial charge in [-0.2, -0.15) is 28.6 Å². The third-order valence-electron chi connectivity index (χ3n) is 5.01. The predicted molar refractivity (Wildman–Crippen MR) is 126 cm³/mol. The first-order chi connectivity index (χ1) is 17.2. The summed E-state index contributed by atoms with van der Waals surface area (Å²) in [6, 6.07) is 12.4. The van der Waals surface area contributed by atoms with Crippen molar-refractivity contribution >= 4 is 40.0 Å². The normalized spacial score (nSPS) is 11.9. The summed E-state index contributed by atoms with van der Waals surface area (Å²) in [5.41, 5.74) is 3.81. The van der Waals surface area contributed by atoms with E-state index in [1.165, 1.54) is 30.6 Å². The molecule has 0 saturated carbocycles. The van der Waals surface area contributed by atoms with Crippen molar-refractivity contribution in [3.8, 4) is 11.9 Å². The highest BCUT2D eigenvalue weighted by Gasteiger charge is 2.38. The number of nitrogen functional groups attached to an aromatic ring is 1. The van der Waals surface area contributed by atoms with Crippen molar-refractivity contribution in [2.75, 3.05) is 16.4 Å². The molecule has 0 aliphatic rings. The van der Waals surface area contributed by atoms with Crippen LogP contribution in [0, 0.1) is 16.7 Å². The highest BCUT2D eigenvalue weighted by Crippen LogP contribution is 2.34. The van der Waals surface area contributed by atoms with Crippen LogP contribution in [-0.4, -0.2) is 38.3 Å². The maximum Gasteiger partial charge on any atom is 0.432 e. The number of rotatable bonds is 6. The fourth-order valence-corrected chi connectivity index (χ4v) is 3.40. The number of nitrogens with zero attached hydrogens (tertiary/aromatic N) is 5. The van der Waals surface area contributed by atoms with Crippen molar-refractivity contribution < 1.29 is 18.0 Å². The number of anilines is 3. The summed E-state index contributed by atoms with van der Waals surface area (Å²) in [4.78, 5) is 17.9. The molecule has 0 bridgehead atoms. The van der Waals surface area contributed by atoms with Crippen LogP contribution in [0.2, 0.25) is 0 Å². The summed E-state index contributed by atoms with van der Waals surface area (Å²) in [5.74, 6) is -1.17. The molecule has 4 rings (SSSR count). The number of amides is 1. The second-order valence-corrected chi connectivity index (χ2v) is 7.28. The third-order valence-corrected chi connectivity index (χ3v) is 5.01. The molecule has 0 unspecified atom stereocenters. The Morgan fingerprint density at radius 3 is 2.44 bits per heavy atom. The smallest absolute Gasteiger partial charge is 0.398 e. The van der Waals surface area contributed by atoms with E-state index < -0.39 is 23.4 Å². The van der Waals surface area contributed by atoms with E-state index in [1.807, 2.05) is 6.07 Å². The van der Waals surface area contributed by atoms with E-state index in [9.17, 15) is 23.2 Å². The quantitative estimate of drug-likeness (QED) is 0.181. The zero-order chi connectivity index (χ0) is 25.9. The Morgan fingerprint density at radius 2 is 1.81 bits per heavy atom. The summed E-state index contributed by atoms with van der Waals surface area (Å²) in [5, 5.41) is 30.1. The second kappa shape index (κ2) is 9.55. The summed E-state index contributed by atoms with van der Waals surface area (Å²) in [7, 11) is 0. The standard InChI is InChI=1S/C23H16F3N9O/c24-23(25,26)20(34-19-6-5-18(29)15-3-1-2-4-16(15)19)17(11-28)22(36)33-14-9-13(10-27)21(30-12-14)35-31-7-8-32-35/h1-9,11-12,28,34H,29H2,(H,33,36)/b20-17+,28-11?. The van der Waals surface area contributed by atoms with Gasteiger partial charge in [0.1, 0.15) is 17.3 Å². The number of nitrogens with one attached hydrogen (secondary N) is 3. The van der Waals surface area contributed by atoms with E-state index in [2.05, 4.69) is 25.8 Å². The van der Waals surface area contributed by atoms with Crippen molar-refractivity contribution in [2.24, 2.45) is 0 Å². The first-order valence-electron chi connectivity index (χ1n) is 10.2. The number of nitriles is 1. The molecule has 0 saturated heterocycles. The molecule has 180 valence electrons. The molecular formula is C23H16F3N9O. The number of fused-ring (bicyclic) bond motifs is 1. The molecule has 0 aliphatic heterocycles. The van der Waals surface area contributed by atoms with Gasteiger partial charge in [0, 0.05) is 28.4 Å². The molecule has 0 atom stereocenters. The molecule has 4 aromatic rings. The fourth-order valence-electron chi connectivity index (χ4n) is 3.40. The van der Waals surface area contributed by atoms with E-state index in [0.29, 0.717) is 22.7 Å². The minimum atomic E-state index is -5.02. The van der Waals surface area contributed by atoms with Crippen molar-refractivity contribution in [3.05, 3.63) is 77.9 Å². The number of halogens is 3. The average Bonchev–Trinajstić information content (AvgIpc) is 3.39. The zero-order valence-electron chi connectivity index (χ0n) is 18.2. The van der Waals surface area contributed by atoms with Gasteiger partial charge in [-0.05, 0) is 18.2 Å². The maximum absolute atomic E-state index is 14.0. The Hall–Kier alpha value is -5.25. The van der Waals surface area contributed by atoms with E-state index in [-0.39, 0.29) is 22.8 Å². The predicted octanol–water partition coefficient (Wildman–Crippen LogP) is 3.79. The number of aromatic nitrogens is 4. The number of hydrogen-bond donors (Lipinski definition) is 4. The van der Waals surface area contributed by atoms with E-state index in [0.717, 1.165) is 11.0 Å². The van der Waals surface area contributed by atoms with Gasteiger partial charge in [-0.3, -0.25) is 4.79 Å². The lowest BCUT2D eigenvalue weighted by molar-refractivity contribution is -0.114. The van der Waals surface area contributed by atoms with Crippen LogP contribution in [-0.2, 0) is 4.79 Å². The topological polar surface area (TPSA) is 158 Å². The summed E-state index contributed by atoms with van der Waals surface area (Å²) in [6.45, 7) is 0. The van der Waals surface area contributed by atoms with Crippen LogP contribution < -0.4 is 16.4 Å². The van der Waals surface area contributed by atoms with Gasteiger partial charge < -0.3 is 21.8 Å². The van der Waals surface area contributed by atoms with Gasteiger partial charge in [0.05, 0.1) is 29.9 Å². The van der Waals surface area contributed by atoms with Crippen LogP contribution in [0.1, 0.15) is 5.56 Å². The van der Waals surface area contributed by atoms with E-state index >= 15 is 0 Å². The average molecular weight is 491 g/mol.